The fourth-order valence-electron chi connectivity index (χ4n) is 1.49. The number of nitrogens with one attached hydrogen (secondary N) is 1. The van der Waals surface area contributed by atoms with Crippen molar-refractivity contribution < 1.29 is 19.8 Å². The second-order valence-electron chi connectivity index (χ2n) is 3.90. The van der Waals surface area contributed by atoms with Gasteiger partial charge in [-0.2, -0.15) is 0 Å². The highest BCUT2D eigenvalue weighted by Crippen LogP contribution is 2.12. The van der Waals surface area contributed by atoms with Gasteiger partial charge in [0, 0.05) is 24.3 Å². The van der Waals surface area contributed by atoms with E-state index in [0.29, 0.717) is 12.1 Å². The Balaban J connectivity index is 2.87. The van der Waals surface area contributed by atoms with E-state index in [1.165, 1.54) is 6.07 Å². The van der Waals surface area contributed by atoms with Crippen LogP contribution in [0.1, 0.15) is 29.4 Å². The first-order valence-electron chi connectivity index (χ1n) is 5.79. The zero-order chi connectivity index (χ0) is 14.4. The van der Waals surface area contributed by atoms with Gasteiger partial charge in [0.15, 0.2) is 0 Å². The molecular weight excluding hydrogens is 272 g/mol. The van der Waals surface area contributed by atoms with Gasteiger partial charge in [-0.05, 0) is 18.6 Å². The van der Waals surface area contributed by atoms with Gasteiger partial charge in [-0.15, -0.1) is 0 Å². The Hall–Kier alpha value is -1.66. The maximum atomic E-state index is 11.9. The van der Waals surface area contributed by atoms with Gasteiger partial charge in [0.05, 0.1) is 0 Å². The van der Waals surface area contributed by atoms with Crippen LogP contribution in [0, 0.1) is 0 Å². The van der Waals surface area contributed by atoms with E-state index in [-0.39, 0.29) is 23.7 Å². The van der Waals surface area contributed by atoms with Crippen LogP contribution in [-0.4, -0.2) is 39.7 Å². The van der Waals surface area contributed by atoms with Crippen molar-refractivity contribution in [3.63, 3.8) is 0 Å². The Bertz CT molecular complexity index is 479. The highest BCUT2D eigenvalue weighted by atomic mass is 35.5. The smallest absolute Gasteiger partial charge is 0.326 e. The molecule has 0 spiro atoms. The number of aromatic nitrogens is 1. The molecule has 1 aromatic rings. The lowest BCUT2D eigenvalue weighted by molar-refractivity contribution is -0.139. The van der Waals surface area contributed by atoms with Crippen LogP contribution in [0.2, 0.25) is 5.15 Å². The van der Waals surface area contributed by atoms with Crippen molar-refractivity contribution in [3.05, 3.63) is 28.5 Å². The number of rotatable bonds is 6. The number of carboxylic acid groups (broad SMARTS) is 1. The standard InChI is InChI=1S/C12H15ClN2O4/c1-2-8-5-7(6-10(13)14-8)11(17)15-9(3-4-16)12(18)19/h5-6,9,16H,2-4H2,1H3,(H,15,17)(H,18,19). The van der Waals surface area contributed by atoms with E-state index in [1.54, 1.807) is 6.07 Å². The molecule has 1 aromatic heterocycles. The van der Waals surface area contributed by atoms with E-state index < -0.39 is 17.9 Å². The molecule has 0 fully saturated rings. The third-order valence-electron chi connectivity index (χ3n) is 2.49. The molecule has 1 atom stereocenters. The lowest BCUT2D eigenvalue weighted by Crippen LogP contribution is -2.41. The van der Waals surface area contributed by atoms with Gasteiger partial charge in [0.25, 0.3) is 5.91 Å². The minimum atomic E-state index is -1.20. The van der Waals surface area contributed by atoms with Crippen LogP contribution in [0.5, 0.6) is 0 Å². The normalized spacial score (nSPS) is 11.9. The maximum Gasteiger partial charge on any atom is 0.326 e. The third-order valence-corrected chi connectivity index (χ3v) is 2.69. The first-order valence-corrected chi connectivity index (χ1v) is 6.16. The summed E-state index contributed by atoms with van der Waals surface area (Å²) in [6.45, 7) is 1.54. The summed E-state index contributed by atoms with van der Waals surface area (Å²) >= 11 is 5.79. The highest BCUT2D eigenvalue weighted by molar-refractivity contribution is 6.29. The molecule has 1 unspecified atom stereocenters. The molecule has 19 heavy (non-hydrogen) atoms. The topological polar surface area (TPSA) is 99.5 Å². The van der Waals surface area contributed by atoms with Crippen molar-refractivity contribution in [2.45, 2.75) is 25.8 Å². The summed E-state index contributed by atoms with van der Waals surface area (Å²) in [6.07, 6.45) is 0.556. The predicted molar refractivity (Wildman–Crippen MR) is 69.2 cm³/mol. The number of nitrogens with zero attached hydrogens (tertiary/aromatic N) is 1. The van der Waals surface area contributed by atoms with Gasteiger partial charge in [0.2, 0.25) is 0 Å². The van der Waals surface area contributed by atoms with Crippen molar-refractivity contribution in [1.29, 1.82) is 0 Å². The summed E-state index contributed by atoms with van der Waals surface area (Å²) in [5.74, 6) is -1.75. The van der Waals surface area contributed by atoms with Gasteiger partial charge >= 0.3 is 5.97 Å². The lowest BCUT2D eigenvalue weighted by atomic mass is 10.1. The fraction of sp³-hybridized carbons (Fsp3) is 0.417. The molecule has 0 aliphatic rings. The largest absolute Gasteiger partial charge is 0.480 e. The SMILES string of the molecule is CCc1cc(C(=O)NC(CCO)C(=O)O)cc(Cl)n1. The van der Waals surface area contributed by atoms with Crippen LogP contribution >= 0.6 is 11.6 Å². The summed E-state index contributed by atoms with van der Waals surface area (Å²) in [5, 5.41) is 20.1. The van der Waals surface area contributed by atoms with E-state index in [1.807, 2.05) is 6.92 Å². The zero-order valence-corrected chi connectivity index (χ0v) is 11.1. The van der Waals surface area contributed by atoms with Crippen LogP contribution < -0.4 is 5.32 Å². The molecule has 3 N–H and O–H groups in total. The Morgan fingerprint density at radius 1 is 1.47 bits per heavy atom. The number of aliphatic hydroxyl groups is 1. The number of pyridine rings is 1. The Labute approximate surface area is 115 Å². The minimum absolute atomic E-state index is 0.0550. The molecule has 0 aliphatic heterocycles. The first kappa shape index (κ1) is 15.4. The van der Waals surface area contributed by atoms with Gasteiger partial charge in [-0.25, -0.2) is 9.78 Å². The summed E-state index contributed by atoms with van der Waals surface area (Å²) in [5.41, 5.74) is 0.896. The monoisotopic (exact) mass is 286 g/mol. The molecular formula is C12H15ClN2O4. The quantitative estimate of drug-likeness (QED) is 0.674. The molecule has 7 heteroatoms. The lowest BCUT2D eigenvalue weighted by Gasteiger charge is -2.13. The van der Waals surface area contributed by atoms with E-state index in [9.17, 15) is 9.59 Å². The van der Waals surface area contributed by atoms with E-state index in [4.69, 9.17) is 21.8 Å². The Kier molecular flexibility index (Phi) is 5.72. The van der Waals surface area contributed by atoms with Crippen molar-refractivity contribution in [3.8, 4) is 0 Å². The molecule has 0 saturated carbocycles. The maximum absolute atomic E-state index is 11.9. The zero-order valence-electron chi connectivity index (χ0n) is 10.4. The molecule has 0 bridgehead atoms. The summed E-state index contributed by atoms with van der Waals surface area (Å²) < 4.78 is 0. The van der Waals surface area contributed by atoms with Crippen LogP contribution in [-0.2, 0) is 11.2 Å². The molecule has 1 amide bonds. The average molecular weight is 287 g/mol. The molecule has 6 nitrogen and oxygen atoms in total. The Morgan fingerprint density at radius 2 is 2.16 bits per heavy atom. The van der Waals surface area contributed by atoms with Crippen molar-refractivity contribution in [1.82, 2.24) is 10.3 Å². The van der Waals surface area contributed by atoms with Crippen molar-refractivity contribution in [2.24, 2.45) is 0 Å². The number of hydrogen-bond acceptors (Lipinski definition) is 4. The Morgan fingerprint density at radius 3 is 2.68 bits per heavy atom. The van der Waals surface area contributed by atoms with E-state index in [0.717, 1.165) is 0 Å². The molecule has 1 rings (SSSR count). The van der Waals surface area contributed by atoms with Gasteiger partial charge in [-0.1, -0.05) is 18.5 Å². The third kappa shape index (κ3) is 4.50. The summed E-state index contributed by atoms with van der Waals surface area (Å²) in [4.78, 5) is 26.8. The fourth-order valence-corrected chi connectivity index (χ4v) is 1.72. The van der Waals surface area contributed by atoms with Crippen molar-refractivity contribution >= 4 is 23.5 Å². The van der Waals surface area contributed by atoms with Crippen LogP contribution in [0.25, 0.3) is 0 Å². The number of aryl methyl sites for hydroxylation is 1. The first-order chi connectivity index (χ1) is 8.97. The van der Waals surface area contributed by atoms with E-state index >= 15 is 0 Å². The number of halogens is 1. The predicted octanol–water partition coefficient (Wildman–Crippen LogP) is 0.863. The average Bonchev–Trinajstić information content (AvgIpc) is 2.37. The number of hydrogen-bond donors (Lipinski definition) is 3. The van der Waals surface area contributed by atoms with Gasteiger partial charge < -0.3 is 15.5 Å². The van der Waals surface area contributed by atoms with Crippen molar-refractivity contribution in [2.75, 3.05) is 6.61 Å². The summed E-state index contributed by atoms with van der Waals surface area (Å²) in [6, 6.07) is 1.79. The molecule has 0 saturated heterocycles. The number of carbonyl (C=O) groups excluding carboxylic acids is 1. The van der Waals surface area contributed by atoms with Gasteiger partial charge in [-0.3, -0.25) is 4.79 Å². The molecule has 1 heterocycles. The molecule has 0 aliphatic carbocycles. The number of carbonyl (C=O) groups is 2. The molecule has 104 valence electrons. The second-order valence-corrected chi connectivity index (χ2v) is 4.29. The second kappa shape index (κ2) is 7.06. The van der Waals surface area contributed by atoms with Gasteiger partial charge in [0.1, 0.15) is 11.2 Å². The van der Waals surface area contributed by atoms with Crippen LogP contribution in [0.4, 0.5) is 0 Å². The molecule has 0 aromatic carbocycles. The minimum Gasteiger partial charge on any atom is -0.480 e. The summed E-state index contributed by atoms with van der Waals surface area (Å²) in [7, 11) is 0. The number of carboxylic acids is 1. The number of amides is 1. The number of aliphatic hydroxyl groups excluding tert-OH is 1. The van der Waals surface area contributed by atoms with E-state index in [2.05, 4.69) is 10.3 Å². The van der Waals surface area contributed by atoms with Crippen LogP contribution in [0.3, 0.4) is 0 Å². The number of aliphatic carboxylic acids is 1. The molecule has 0 radical (unpaired) electrons. The highest BCUT2D eigenvalue weighted by Gasteiger charge is 2.20. The van der Waals surface area contributed by atoms with Crippen LogP contribution in [0.15, 0.2) is 12.1 Å².